The summed E-state index contributed by atoms with van der Waals surface area (Å²) in [5, 5.41) is 14.3. The van der Waals surface area contributed by atoms with Crippen molar-refractivity contribution in [2.24, 2.45) is 0 Å². The molecule has 1 saturated heterocycles. The van der Waals surface area contributed by atoms with Crippen LogP contribution in [-0.2, 0) is 6.61 Å². The highest BCUT2D eigenvalue weighted by Crippen LogP contribution is 2.17. The number of rotatable bonds is 10. The maximum atomic E-state index is 13.0. The molecule has 1 aliphatic heterocycles. The number of aromatic nitrogens is 2. The van der Waals surface area contributed by atoms with Gasteiger partial charge in [-0.2, -0.15) is 0 Å². The summed E-state index contributed by atoms with van der Waals surface area (Å²) in [6.07, 6.45) is 4.78. The van der Waals surface area contributed by atoms with Gasteiger partial charge in [0.1, 0.15) is 18.2 Å². The molecule has 2 amide bonds. The highest BCUT2D eigenvalue weighted by atomic mass is 32.1. The minimum absolute atomic E-state index is 0.123. The number of anilines is 1. The fraction of sp³-hybridized carbons (Fsp3) is 0.360. The van der Waals surface area contributed by atoms with Crippen LogP contribution in [0.25, 0.3) is 0 Å². The van der Waals surface area contributed by atoms with Crippen LogP contribution < -0.4 is 15.4 Å². The largest absolute Gasteiger partial charge is 0.486 e. The minimum atomic E-state index is -0.398. The van der Waals surface area contributed by atoms with Gasteiger partial charge in [0.25, 0.3) is 11.8 Å². The molecule has 2 heterocycles. The molecule has 0 unspecified atom stereocenters. The van der Waals surface area contributed by atoms with Crippen molar-refractivity contribution in [1.29, 1.82) is 0 Å². The molecule has 2 aromatic carbocycles. The number of amides is 2. The molecule has 10 heteroatoms. The summed E-state index contributed by atoms with van der Waals surface area (Å²) in [5.41, 5.74) is 1.09. The summed E-state index contributed by atoms with van der Waals surface area (Å²) in [6, 6.07) is 12.4. The van der Waals surface area contributed by atoms with Crippen molar-refractivity contribution in [2.75, 3.05) is 31.5 Å². The predicted molar refractivity (Wildman–Crippen MR) is 132 cm³/mol. The van der Waals surface area contributed by atoms with E-state index in [1.54, 1.807) is 24.3 Å². The lowest BCUT2D eigenvalue weighted by Crippen LogP contribution is -2.33. The fourth-order valence-corrected chi connectivity index (χ4v) is 4.41. The molecule has 0 spiro atoms. The molecule has 0 atom stereocenters. The van der Waals surface area contributed by atoms with Crippen molar-refractivity contribution in [2.45, 2.75) is 32.3 Å². The molecule has 2 N–H and O–H groups in total. The van der Waals surface area contributed by atoms with Crippen molar-refractivity contribution in [3.63, 3.8) is 0 Å². The van der Waals surface area contributed by atoms with Gasteiger partial charge < -0.3 is 20.3 Å². The molecular formula is C25H28FN5O3S. The number of hydrogen-bond acceptors (Lipinski definition) is 7. The fourth-order valence-electron chi connectivity index (χ4n) is 3.76. The van der Waals surface area contributed by atoms with Crippen molar-refractivity contribution >= 4 is 28.8 Å². The number of piperidine rings is 1. The molecule has 0 bridgehead atoms. The number of ether oxygens (including phenoxy) is 1. The van der Waals surface area contributed by atoms with Gasteiger partial charge in [0, 0.05) is 17.8 Å². The first-order valence-corrected chi connectivity index (χ1v) is 12.5. The molecule has 3 aromatic rings. The normalized spacial score (nSPS) is 13.9. The Morgan fingerprint density at radius 1 is 0.971 bits per heavy atom. The Bertz CT molecular complexity index is 1110. The number of benzene rings is 2. The van der Waals surface area contributed by atoms with Gasteiger partial charge in [-0.3, -0.25) is 9.59 Å². The van der Waals surface area contributed by atoms with Crippen molar-refractivity contribution in [3.8, 4) is 5.75 Å². The van der Waals surface area contributed by atoms with Gasteiger partial charge in [-0.25, -0.2) is 4.39 Å². The maximum Gasteiger partial charge on any atom is 0.286 e. The third-order valence-corrected chi connectivity index (χ3v) is 6.52. The van der Waals surface area contributed by atoms with E-state index in [0.29, 0.717) is 28.6 Å². The Balaban J connectivity index is 1.20. The van der Waals surface area contributed by atoms with Crippen LogP contribution in [0.1, 0.15) is 50.9 Å². The Morgan fingerprint density at radius 2 is 1.71 bits per heavy atom. The summed E-state index contributed by atoms with van der Waals surface area (Å²) < 4.78 is 18.5. The second-order valence-electron chi connectivity index (χ2n) is 8.29. The van der Waals surface area contributed by atoms with Gasteiger partial charge in [0.2, 0.25) is 5.01 Å². The number of halogens is 1. The monoisotopic (exact) mass is 497 g/mol. The van der Waals surface area contributed by atoms with Crippen LogP contribution in [0, 0.1) is 5.82 Å². The number of hydrogen-bond donors (Lipinski definition) is 2. The summed E-state index contributed by atoms with van der Waals surface area (Å²) in [5.74, 6) is -0.371. The highest BCUT2D eigenvalue weighted by molar-refractivity contribution is 7.13. The van der Waals surface area contributed by atoms with Gasteiger partial charge in [0.05, 0.1) is 0 Å². The van der Waals surface area contributed by atoms with Crippen LogP contribution in [0.15, 0.2) is 48.5 Å². The van der Waals surface area contributed by atoms with E-state index in [2.05, 4.69) is 25.7 Å². The first-order chi connectivity index (χ1) is 17.1. The average molecular weight is 498 g/mol. The molecular weight excluding hydrogens is 469 g/mol. The molecule has 0 aliphatic carbocycles. The SMILES string of the molecule is O=C(NCCCN1CCCCC1)c1ccc(NC(=O)c2nnc(COc3ccc(F)cc3)s2)cc1. The molecule has 4 rings (SSSR count). The maximum absolute atomic E-state index is 13.0. The zero-order valence-corrected chi connectivity index (χ0v) is 20.2. The van der Waals surface area contributed by atoms with Crippen molar-refractivity contribution in [3.05, 3.63) is 69.9 Å². The van der Waals surface area contributed by atoms with Crippen molar-refractivity contribution in [1.82, 2.24) is 20.4 Å². The smallest absolute Gasteiger partial charge is 0.286 e. The second-order valence-corrected chi connectivity index (χ2v) is 9.35. The molecule has 184 valence electrons. The topological polar surface area (TPSA) is 96.5 Å². The summed E-state index contributed by atoms with van der Waals surface area (Å²) >= 11 is 1.11. The van der Waals surface area contributed by atoms with Crippen LogP contribution in [0.5, 0.6) is 5.75 Å². The van der Waals surface area contributed by atoms with E-state index in [1.165, 1.54) is 43.5 Å². The van der Waals surface area contributed by atoms with E-state index >= 15 is 0 Å². The molecule has 0 saturated carbocycles. The van der Waals surface area contributed by atoms with Crippen LogP contribution in [-0.4, -0.2) is 53.1 Å². The minimum Gasteiger partial charge on any atom is -0.486 e. The molecule has 0 radical (unpaired) electrons. The Morgan fingerprint density at radius 3 is 2.46 bits per heavy atom. The average Bonchev–Trinajstić information content (AvgIpc) is 3.37. The zero-order chi connectivity index (χ0) is 24.5. The standard InChI is InChI=1S/C25H28FN5O3S/c26-19-7-11-21(12-8-19)34-17-22-29-30-25(35-22)24(33)28-20-9-5-18(6-10-20)23(32)27-13-4-16-31-14-2-1-3-15-31/h5-12H,1-4,13-17H2,(H,27,32)(H,28,33). The number of nitrogens with one attached hydrogen (secondary N) is 2. The van der Waals surface area contributed by atoms with Gasteiger partial charge >= 0.3 is 0 Å². The van der Waals surface area contributed by atoms with Crippen LogP contribution in [0.3, 0.4) is 0 Å². The number of likely N-dealkylation sites (tertiary alicyclic amines) is 1. The first-order valence-electron chi connectivity index (χ1n) is 11.7. The second kappa shape index (κ2) is 12.4. The van der Waals surface area contributed by atoms with E-state index in [1.807, 2.05) is 0 Å². The lowest BCUT2D eigenvalue weighted by atomic mass is 10.1. The summed E-state index contributed by atoms with van der Waals surface area (Å²) in [4.78, 5) is 27.3. The Labute approximate surface area is 207 Å². The molecule has 8 nitrogen and oxygen atoms in total. The molecule has 1 aromatic heterocycles. The van der Waals surface area contributed by atoms with Crippen LogP contribution in [0.2, 0.25) is 0 Å². The third kappa shape index (κ3) is 7.56. The lowest BCUT2D eigenvalue weighted by Gasteiger charge is -2.26. The van der Waals surface area contributed by atoms with Crippen molar-refractivity contribution < 1.29 is 18.7 Å². The summed E-state index contributed by atoms with van der Waals surface area (Å²) in [6.45, 7) is 4.08. The number of carbonyl (C=O) groups is 2. The quantitative estimate of drug-likeness (QED) is 0.409. The van der Waals surface area contributed by atoms with Gasteiger partial charge in [-0.1, -0.05) is 17.8 Å². The Hall–Kier alpha value is -3.37. The predicted octanol–water partition coefficient (Wildman–Crippen LogP) is 4.11. The third-order valence-electron chi connectivity index (χ3n) is 5.63. The highest BCUT2D eigenvalue weighted by Gasteiger charge is 2.14. The lowest BCUT2D eigenvalue weighted by molar-refractivity contribution is 0.0950. The number of carbonyl (C=O) groups excluding carboxylic acids is 2. The van der Waals surface area contributed by atoms with E-state index in [9.17, 15) is 14.0 Å². The molecule has 35 heavy (non-hydrogen) atoms. The van der Waals surface area contributed by atoms with Gasteiger partial charge in [0.15, 0.2) is 5.01 Å². The van der Waals surface area contributed by atoms with E-state index in [-0.39, 0.29) is 23.3 Å². The van der Waals surface area contributed by atoms with Crippen LogP contribution in [0.4, 0.5) is 10.1 Å². The van der Waals surface area contributed by atoms with E-state index in [4.69, 9.17) is 4.74 Å². The van der Waals surface area contributed by atoms with Gasteiger partial charge in [-0.15, -0.1) is 10.2 Å². The van der Waals surface area contributed by atoms with E-state index in [0.717, 1.165) is 37.4 Å². The van der Waals surface area contributed by atoms with Gasteiger partial charge in [-0.05, 0) is 87.4 Å². The van der Waals surface area contributed by atoms with E-state index < -0.39 is 5.91 Å². The molecule has 1 aliphatic rings. The first kappa shape index (κ1) is 24.7. The molecule has 1 fully saturated rings. The Kier molecular flexibility index (Phi) is 8.74. The number of nitrogens with zero attached hydrogens (tertiary/aromatic N) is 3. The van der Waals surface area contributed by atoms with Crippen LogP contribution >= 0.6 is 11.3 Å². The zero-order valence-electron chi connectivity index (χ0n) is 19.3. The summed E-state index contributed by atoms with van der Waals surface area (Å²) in [7, 11) is 0.